The van der Waals surface area contributed by atoms with Crippen molar-refractivity contribution in [1.82, 2.24) is 4.90 Å². The first-order chi connectivity index (χ1) is 12.1. The number of Topliss-reactive ketones (excluding diaryl/α,β-unsaturated/α-hetero) is 1. The van der Waals surface area contributed by atoms with Crippen molar-refractivity contribution < 1.29 is 14.6 Å². The summed E-state index contributed by atoms with van der Waals surface area (Å²) in [4.78, 5) is 15.0. The van der Waals surface area contributed by atoms with E-state index in [1.165, 1.54) is 7.11 Å². The van der Waals surface area contributed by atoms with Crippen molar-refractivity contribution in [2.75, 3.05) is 20.2 Å². The van der Waals surface area contributed by atoms with E-state index in [0.717, 1.165) is 37.1 Å². The van der Waals surface area contributed by atoms with Crippen LogP contribution in [0.2, 0.25) is 5.02 Å². The first-order valence-corrected chi connectivity index (χ1v) is 8.82. The van der Waals surface area contributed by atoms with Crippen molar-refractivity contribution in [2.45, 2.75) is 19.4 Å². The molecule has 1 N–H and O–H groups in total. The second kappa shape index (κ2) is 7.89. The first kappa shape index (κ1) is 17.8. The normalized spacial score (nSPS) is 18.1. The lowest BCUT2D eigenvalue weighted by atomic mass is 9.90. The van der Waals surface area contributed by atoms with Crippen LogP contribution in [0.4, 0.5) is 0 Å². The standard InChI is InChI=1S/C20H22ClNO3/c1-25-19-9-4-14(11-18(19)23)12-22-10-2-3-16(13-22)20(24)15-5-7-17(21)8-6-15/h4-9,11,16,23H,2-3,10,12-13H2,1H3/t16-/m0/s1. The lowest BCUT2D eigenvalue weighted by Gasteiger charge is -2.32. The van der Waals surface area contributed by atoms with Crippen molar-refractivity contribution in [3.05, 3.63) is 58.6 Å². The zero-order valence-electron chi connectivity index (χ0n) is 14.2. The highest BCUT2D eigenvalue weighted by molar-refractivity contribution is 6.30. The average molecular weight is 360 g/mol. The molecule has 25 heavy (non-hydrogen) atoms. The van der Waals surface area contributed by atoms with Crippen molar-refractivity contribution >= 4 is 17.4 Å². The molecule has 1 atom stereocenters. The Hall–Kier alpha value is -2.04. The number of ether oxygens (including phenoxy) is 1. The number of carbonyl (C=O) groups excluding carboxylic acids is 1. The van der Waals surface area contributed by atoms with Gasteiger partial charge in [0.25, 0.3) is 0 Å². The zero-order valence-corrected chi connectivity index (χ0v) is 15.0. The predicted octanol–water partition coefficient (Wildman–Crippen LogP) is 4.15. The first-order valence-electron chi connectivity index (χ1n) is 8.45. The summed E-state index contributed by atoms with van der Waals surface area (Å²) in [5.74, 6) is 0.796. The van der Waals surface area contributed by atoms with Crippen LogP contribution in [-0.4, -0.2) is 36.0 Å². The topological polar surface area (TPSA) is 49.8 Å². The van der Waals surface area contributed by atoms with Crippen LogP contribution >= 0.6 is 11.6 Å². The highest BCUT2D eigenvalue weighted by Gasteiger charge is 2.26. The molecule has 1 aliphatic heterocycles. The number of methoxy groups -OCH3 is 1. The number of benzene rings is 2. The van der Waals surface area contributed by atoms with Gasteiger partial charge in [0.2, 0.25) is 0 Å². The summed E-state index contributed by atoms with van der Waals surface area (Å²) in [6, 6.07) is 12.6. The molecule has 0 unspecified atom stereocenters. The Labute approximate surface area is 153 Å². The molecule has 0 radical (unpaired) electrons. The monoisotopic (exact) mass is 359 g/mol. The molecule has 1 saturated heterocycles. The van der Waals surface area contributed by atoms with Crippen LogP contribution < -0.4 is 4.74 Å². The van der Waals surface area contributed by atoms with E-state index in [1.54, 1.807) is 36.4 Å². The number of hydrogen-bond acceptors (Lipinski definition) is 4. The summed E-state index contributed by atoms with van der Waals surface area (Å²) in [5, 5.41) is 10.6. The van der Waals surface area contributed by atoms with Gasteiger partial charge in [-0.3, -0.25) is 9.69 Å². The molecule has 1 fully saturated rings. The Balaban J connectivity index is 1.65. The maximum absolute atomic E-state index is 12.7. The number of nitrogens with zero attached hydrogens (tertiary/aromatic N) is 1. The number of rotatable bonds is 5. The average Bonchev–Trinajstić information content (AvgIpc) is 2.62. The Morgan fingerprint density at radius 1 is 1.28 bits per heavy atom. The molecule has 2 aromatic rings. The smallest absolute Gasteiger partial charge is 0.167 e. The minimum Gasteiger partial charge on any atom is -0.504 e. The molecule has 0 saturated carbocycles. The fourth-order valence-corrected chi connectivity index (χ4v) is 3.48. The lowest BCUT2D eigenvalue weighted by Crippen LogP contribution is -2.38. The Kier molecular flexibility index (Phi) is 5.61. The van der Waals surface area contributed by atoms with Gasteiger partial charge in [-0.2, -0.15) is 0 Å². The van der Waals surface area contributed by atoms with Gasteiger partial charge < -0.3 is 9.84 Å². The number of ketones is 1. The Morgan fingerprint density at radius 2 is 2.04 bits per heavy atom. The van der Waals surface area contributed by atoms with Gasteiger partial charge in [-0.15, -0.1) is 0 Å². The zero-order chi connectivity index (χ0) is 17.8. The van der Waals surface area contributed by atoms with Gasteiger partial charge in [0, 0.05) is 29.6 Å². The molecule has 0 aliphatic carbocycles. The second-order valence-corrected chi connectivity index (χ2v) is 6.89. The van der Waals surface area contributed by atoms with E-state index < -0.39 is 0 Å². The Bertz CT molecular complexity index is 745. The van der Waals surface area contributed by atoms with Crippen molar-refractivity contribution in [2.24, 2.45) is 5.92 Å². The summed E-state index contributed by atoms with van der Waals surface area (Å²) >= 11 is 5.90. The molecule has 0 aromatic heterocycles. The van der Waals surface area contributed by atoms with Gasteiger partial charge in [-0.25, -0.2) is 0 Å². The van der Waals surface area contributed by atoms with Crippen LogP contribution in [0.25, 0.3) is 0 Å². The lowest BCUT2D eigenvalue weighted by molar-refractivity contribution is 0.0811. The van der Waals surface area contributed by atoms with Gasteiger partial charge in [-0.05, 0) is 61.3 Å². The maximum Gasteiger partial charge on any atom is 0.167 e. The summed E-state index contributed by atoms with van der Waals surface area (Å²) in [5.41, 5.74) is 1.73. The van der Waals surface area contributed by atoms with Crippen LogP contribution in [0, 0.1) is 5.92 Å². The largest absolute Gasteiger partial charge is 0.504 e. The fraction of sp³-hybridized carbons (Fsp3) is 0.350. The van der Waals surface area contributed by atoms with E-state index in [-0.39, 0.29) is 17.5 Å². The molecule has 0 bridgehead atoms. The van der Waals surface area contributed by atoms with Gasteiger partial charge in [-0.1, -0.05) is 17.7 Å². The molecular weight excluding hydrogens is 338 g/mol. The van der Waals surface area contributed by atoms with E-state index in [9.17, 15) is 9.90 Å². The molecule has 2 aromatic carbocycles. The molecule has 0 amide bonds. The number of halogens is 1. The maximum atomic E-state index is 12.7. The molecule has 1 heterocycles. The third kappa shape index (κ3) is 4.33. The van der Waals surface area contributed by atoms with Crippen LogP contribution in [0.3, 0.4) is 0 Å². The van der Waals surface area contributed by atoms with E-state index >= 15 is 0 Å². The predicted molar refractivity (Wildman–Crippen MR) is 98.4 cm³/mol. The van der Waals surface area contributed by atoms with E-state index in [1.807, 2.05) is 6.07 Å². The number of piperidine rings is 1. The van der Waals surface area contributed by atoms with Gasteiger partial charge in [0.15, 0.2) is 17.3 Å². The Morgan fingerprint density at radius 3 is 2.72 bits per heavy atom. The highest BCUT2D eigenvalue weighted by Crippen LogP contribution is 2.28. The van der Waals surface area contributed by atoms with E-state index in [4.69, 9.17) is 16.3 Å². The summed E-state index contributed by atoms with van der Waals surface area (Å²) in [7, 11) is 1.53. The number of phenols is 1. The number of aromatic hydroxyl groups is 1. The second-order valence-electron chi connectivity index (χ2n) is 6.45. The van der Waals surface area contributed by atoms with E-state index in [2.05, 4.69) is 4.90 Å². The molecule has 132 valence electrons. The molecule has 1 aliphatic rings. The third-order valence-corrected chi connectivity index (χ3v) is 4.91. The third-order valence-electron chi connectivity index (χ3n) is 4.65. The molecular formula is C20H22ClNO3. The molecule has 5 heteroatoms. The molecule has 3 rings (SSSR count). The summed E-state index contributed by atoms with van der Waals surface area (Å²) < 4.78 is 5.08. The van der Waals surface area contributed by atoms with Crippen LogP contribution in [-0.2, 0) is 6.54 Å². The molecule has 4 nitrogen and oxygen atoms in total. The van der Waals surface area contributed by atoms with Gasteiger partial charge in [0.05, 0.1) is 7.11 Å². The van der Waals surface area contributed by atoms with Gasteiger partial charge in [0.1, 0.15) is 0 Å². The fourth-order valence-electron chi connectivity index (χ4n) is 3.36. The van der Waals surface area contributed by atoms with Gasteiger partial charge >= 0.3 is 0 Å². The number of carbonyl (C=O) groups is 1. The number of hydrogen-bond donors (Lipinski definition) is 1. The SMILES string of the molecule is COc1ccc(CN2CCC[C@H](C(=O)c3ccc(Cl)cc3)C2)cc1O. The molecule has 0 spiro atoms. The highest BCUT2D eigenvalue weighted by atomic mass is 35.5. The van der Waals surface area contributed by atoms with Crippen molar-refractivity contribution in [3.8, 4) is 11.5 Å². The minimum absolute atomic E-state index is 0.00164. The van der Waals surface area contributed by atoms with Crippen LogP contribution in [0.15, 0.2) is 42.5 Å². The quantitative estimate of drug-likeness (QED) is 0.815. The number of phenolic OH excluding ortho intramolecular Hbond substituents is 1. The minimum atomic E-state index is 0.00164. The van der Waals surface area contributed by atoms with Crippen LogP contribution in [0.1, 0.15) is 28.8 Å². The van der Waals surface area contributed by atoms with Crippen molar-refractivity contribution in [1.29, 1.82) is 0 Å². The van der Waals surface area contributed by atoms with Crippen molar-refractivity contribution in [3.63, 3.8) is 0 Å². The summed E-state index contributed by atoms with van der Waals surface area (Å²) in [6.45, 7) is 2.40. The van der Waals surface area contributed by atoms with Crippen LogP contribution in [0.5, 0.6) is 11.5 Å². The number of likely N-dealkylation sites (tertiary alicyclic amines) is 1. The van der Waals surface area contributed by atoms with E-state index in [0.29, 0.717) is 17.3 Å². The summed E-state index contributed by atoms with van der Waals surface area (Å²) in [6.07, 6.45) is 1.90.